The molecule has 1 aromatic heterocycles. The highest BCUT2D eigenvalue weighted by molar-refractivity contribution is 7.89. The molecule has 0 aliphatic rings. The Kier molecular flexibility index (Phi) is 4.46. The monoisotopic (exact) mass is 383 g/mol. The molecule has 26 heavy (non-hydrogen) atoms. The molecule has 0 unspecified atom stereocenters. The topological polar surface area (TPSA) is 91.1 Å². The Labute approximate surface area is 146 Å². The van der Waals surface area contributed by atoms with Crippen molar-refractivity contribution in [2.45, 2.75) is 11.1 Å². The van der Waals surface area contributed by atoms with E-state index in [2.05, 4.69) is 4.98 Å². The molecule has 0 saturated carbocycles. The molecule has 3 N–H and O–H groups in total. The van der Waals surface area contributed by atoms with Gasteiger partial charge in [0.15, 0.2) is 0 Å². The van der Waals surface area contributed by atoms with Gasteiger partial charge in [-0.05, 0) is 42.5 Å². The summed E-state index contributed by atoms with van der Waals surface area (Å²) >= 11 is 0. The van der Waals surface area contributed by atoms with Gasteiger partial charge in [-0.1, -0.05) is 6.07 Å². The zero-order chi connectivity index (χ0) is 18.9. The number of halogens is 3. The first-order valence-electron chi connectivity index (χ1n) is 7.23. The van der Waals surface area contributed by atoms with E-state index in [4.69, 9.17) is 0 Å². The summed E-state index contributed by atoms with van der Waals surface area (Å²) in [5, 5.41) is 0.749. The van der Waals surface area contributed by atoms with Crippen molar-refractivity contribution in [3.05, 3.63) is 65.9 Å². The average Bonchev–Trinajstić information content (AvgIpc) is 3.07. The van der Waals surface area contributed by atoms with Crippen molar-refractivity contribution in [2.75, 3.05) is 0 Å². The highest BCUT2D eigenvalue weighted by Gasteiger charge is 2.31. The maximum atomic E-state index is 12.7. The fourth-order valence-corrected chi connectivity index (χ4v) is 3.16. The second-order valence-electron chi connectivity index (χ2n) is 5.36. The summed E-state index contributed by atoms with van der Waals surface area (Å²) in [4.78, 5) is 16.2. The van der Waals surface area contributed by atoms with Crippen LogP contribution in [0.5, 0.6) is 0 Å². The van der Waals surface area contributed by atoms with Gasteiger partial charge >= 0.3 is 6.18 Å². The van der Waals surface area contributed by atoms with Crippen LogP contribution in [0.4, 0.5) is 13.2 Å². The molecule has 2 aromatic carbocycles. The molecular weight excluding hydrogens is 371 g/mol. The summed E-state index contributed by atoms with van der Waals surface area (Å²) in [6, 6.07) is 9.61. The summed E-state index contributed by atoms with van der Waals surface area (Å²) in [5.74, 6) is -0.747. The summed E-state index contributed by atoms with van der Waals surface area (Å²) < 4.78 is 62.4. The number of fused-ring (bicyclic) bond motifs is 1. The van der Waals surface area contributed by atoms with Crippen LogP contribution >= 0.6 is 0 Å². The van der Waals surface area contributed by atoms with Crippen molar-refractivity contribution in [1.82, 2.24) is 15.2 Å². The zero-order valence-corrected chi connectivity index (χ0v) is 13.8. The highest BCUT2D eigenvalue weighted by Crippen LogP contribution is 2.30. The first-order valence-corrected chi connectivity index (χ1v) is 8.72. The van der Waals surface area contributed by atoms with Crippen molar-refractivity contribution in [2.24, 2.45) is 0 Å². The number of aromatic nitrogens is 1. The Bertz CT molecular complexity index is 1070. The Hall–Kier alpha value is -2.85. The lowest BCUT2D eigenvalue weighted by atomic mass is 10.1. The fraction of sp³-hybridized carbons (Fsp3) is 0.0625. The molecule has 10 heteroatoms. The maximum Gasteiger partial charge on any atom is 0.416 e. The van der Waals surface area contributed by atoms with Crippen LogP contribution in [0.3, 0.4) is 0 Å². The largest absolute Gasteiger partial charge is 0.416 e. The third-order valence-electron chi connectivity index (χ3n) is 3.59. The lowest BCUT2D eigenvalue weighted by Crippen LogP contribution is -2.41. The summed E-state index contributed by atoms with van der Waals surface area (Å²) in [7, 11) is -4.37. The highest BCUT2D eigenvalue weighted by atomic mass is 32.2. The van der Waals surface area contributed by atoms with E-state index in [1.807, 2.05) is 5.43 Å². The maximum absolute atomic E-state index is 12.7. The number of hydrogen-bond acceptors (Lipinski definition) is 3. The number of benzene rings is 2. The standard InChI is InChI=1S/C16H12F3N3O3S/c17-16(18,19)12-2-1-3-13(9-12)26(24,25)22-21-15(23)11-4-5-14-10(8-11)6-7-20-14/h1-9,20,22H,(H,21,23). The van der Waals surface area contributed by atoms with Gasteiger partial charge in [0.05, 0.1) is 10.5 Å². The van der Waals surface area contributed by atoms with Crippen LogP contribution in [0.25, 0.3) is 10.9 Å². The Morgan fingerprint density at radius 3 is 2.54 bits per heavy atom. The predicted octanol–water partition coefficient (Wildman–Crippen LogP) is 2.81. The van der Waals surface area contributed by atoms with Gasteiger partial charge in [-0.2, -0.15) is 13.2 Å². The fourth-order valence-electron chi connectivity index (χ4n) is 2.28. The molecule has 0 saturated heterocycles. The minimum absolute atomic E-state index is 0.184. The number of nitrogens with one attached hydrogen (secondary N) is 3. The average molecular weight is 383 g/mol. The van der Waals surface area contributed by atoms with Crippen LogP contribution in [0.1, 0.15) is 15.9 Å². The summed E-state index contributed by atoms with van der Waals surface area (Å²) in [5.41, 5.74) is 1.86. The Morgan fingerprint density at radius 1 is 1.04 bits per heavy atom. The van der Waals surface area contributed by atoms with Crippen LogP contribution in [0, 0.1) is 0 Å². The second kappa shape index (κ2) is 6.46. The van der Waals surface area contributed by atoms with Crippen molar-refractivity contribution < 1.29 is 26.4 Å². The van der Waals surface area contributed by atoms with Gasteiger partial charge in [0.25, 0.3) is 15.9 Å². The SMILES string of the molecule is O=C(NNS(=O)(=O)c1cccc(C(F)(F)F)c1)c1ccc2[nH]ccc2c1. The Balaban J connectivity index is 1.76. The summed E-state index contributed by atoms with van der Waals surface area (Å²) in [6.07, 6.45) is -3.00. The number of sulfonamides is 1. The first kappa shape index (κ1) is 18.0. The molecule has 0 radical (unpaired) electrons. The van der Waals surface area contributed by atoms with E-state index in [-0.39, 0.29) is 5.56 Å². The van der Waals surface area contributed by atoms with Crippen molar-refractivity contribution in [3.63, 3.8) is 0 Å². The van der Waals surface area contributed by atoms with Gasteiger partial charge in [-0.15, -0.1) is 4.83 Å². The van der Waals surface area contributed by atoms with E-state index >= 15 is 0 Å². The number of alkyl halides is 3. The number of carbonyl (C=O) groups is 1. The molecule has 0 fully saturated rings. The normalized spacial score (nSPS) is 12.3. The molecular formula is C16H12F3N3O3S. The molecule has 6 nitrogen and oxygen atoms in total. The first-order chi connectivity index (χ1) is 12.2. The van der Waals surface area contributed by atoms with E-state index in [0.29, 0.717) is 6.07 Å². The number of hydrogen-bond donors (Lipinski definition) is 3. The minimum atomic E-state index is -4.68. The molecule has 0 aliphatic heterocycles. The van der Waals surface area contributed by atoms with Crippen molar-refractivity contribution >= 4 is 26.8 Å². The predicted molar refractivity (Wildman–Crippen MR) is 87.5 cm³/mol. The van der Waals surface area contributed by atoms with Gasteiger partial charge in [-0.3, -0.25) is 10.2 Å². The minimum Gasteiger partial charge on any atom is -0.361 e. The van der Waals surface area contributed by atoms with Crippen LogP contribution in [0.15, 0.2) is 59.6 Å². The number of aromatic amines is 1. The molecule has 1 heterocycles. The Morgan fingerprint density at radius 2 is 1.81 bits per heavy atom. The van der Waals surface area contributed by atoms with E-state index in [1.165, 1.54) is 6.07 Å². The van der Waals surface area contributed by atoms with Gasteiger partial charge in [0.2, 0.25) is 0 Å². The van der Waals surface area contributed by atoms with Crippen LogP contribution in [-0.2, 0) is 16.2 Å². The quantitative estimate of drug-likeness (QED) is 0.605. The number of amides is 1. The van der Waals surface area contributed by atoms with E-state index < -0.39 is 32.6 Å². The smallest absolute Gasteiger partial charge is 0.361 e. The molecule has 3 aromatic rings. The third-order valence-corrected chi connectivity index (χ3v) is 4.83. The number of hydrazine groups is 1. The van der Waals surface area contributed by atoms with Crippen LogP contribution < -0.4 is 10.3 Å². The molecule has 0 aliphatic carbocycles. The number of H-pyrrole nitrogens is 1. The van der Waals surface area contributed by atoms with Crippen LogP contribution in [0.2, 0.25) is 0 Å². The lowest BCUT2D eigenvalue weighted by molar-refractivity contribution is -0.137. The molecule has 3 rings (SSSR count). The van der Waals surface area contributed by atoms with Gasteiger partial charge in [0, 0.05) is 22.7 Å². The third kappa shape index (κ3) is 3.70. The second-order valence-corrected chi connectivity index (χ2v) is 7.05. The van der Waals surface area contributed by atoms with E-state index in [1.54, 1.807) is 29.2 Å². The molecule has 136 valence electrons. The van der Waals surface area contributed by atoms with Gasteiger partial charge in [-0.25, -0.2) is 8.42 Å². The zero-order valence-electron chi connectivity index (χ0n) is 13.0. The molecule has 0 atom stereocenters. The van der Waals surface area contributed by atoms with Gasteiger partial charge < -0.3 is 4.98 Å². The van der Waals surface area contributed by atoms with E-state index in [9.17, 15) is 26.4 Å². The molecule has 0 bridgehead atoms. The molecule has 1 amide bonds. The molecule has 0 spiro atoms. The number of rotatable bonds is 4. The van der Waals surface area contributed by atoms with Crippen molar-refractivity contribution in [1.29, 1.82) is 0 Å². The van der Waals surface area contributed by atoms with E-state index in [0.717, 1.165) is 29.1 Å². The lowest BCUT2D eigenvalue weighted by Gasteiger charge is -2.11. The number of carbonyl (C=O) groups excluding carboxylic acids is 1. The van der Waals surface area contributed by atoms with Crippen LogP contribution in [-0.4, -0.2) is 19.3 Å². The van der Waals surface area contributed by atoms with Gasteiger partial charge in [0.1, 0.15) is 0 Å². The summed E-state index contributed by atoms with van der Waals surface area (Å²) in [6.45, 7) is 0. The van der Waals surface area contributed by atoms with Crippen molar-refractivity contribution in [3.8, 4) is 0 Å².